The Kier molecular flexibility index (Phi) is 4.15. The van der Waals surface area contributed by atoms with Crippen molar-refractivity contribution in [2.24, 2.45) is 5.73 Å². The van der Waals surface area contributed by atoms with Crippen LogP contribution in [0.1, 0.15) is 19.3 Å². The molecule has 0 aromatic rings. The fourth-order valence-electron chi connectivity index (χ4n) is 2.21. The standard InChI is InChI=1S/C12H18N2O2S/c13-11-8-10(17(15)16)6-7-12(11)14-9-4-2-1-3-5-9/h1-4,8-10,12,14H,5-7,13H2,(H,15,16)/p-1. The van der Waals surface area contributed by atoms with Crippen molar-refractivity contribution in [2.45, 2.75) is 36.6 Å². The summed E-state index contributed by atoms with van der Waals surface area (Å²) in [7, 11) is 0. The summed E-state index contributed by atoms with van der Waals surface area (Å²) >= 11 is -2.05. The lowest BCUT2D eigenvalue weighted by Crippen LogP contribution is -2.43. The van der Waals surface area contributed by atoms with Crippen molar-refractivity contribution in [2.75, 3.05) is 0 Å². The topological polar surface area (TPSA) is 78.2 Å². The molecule has 0 saturated carbocycles. The molecule has 0 heterocycles. The minimum atomic E-state index is -2.05. The zero-order valence-corrected chi connectivity index (χ0v) is 10.4. The van der Waals surface area contributed by atoms with Gasteiger partial charge in [0.15, 0.2) is 0 Å². The van der Waals surface area contributed by atoms with Gasteiger partial charge in [0.05, 0.1) is 0 Å². The van der Waals surface area contributed by atoms with E-state index in [0.717, 1.165) is 12.8 Å². The predicted octanol–water partition coefficient (Wildman–Crippen LogP) is 0.713. The molecule has 4 unspecified atom stereocenters. The van der Waals surface area contributed by atoms with E-state index in [1.54, 1.807) is 6.08 Å². The molecule has 0 aliphatic heterocycles. The van der Waals surface area contributed by atoms with Gasteiger partial charge in [0.2, 0.25) is 0 Å². The Morgan fingerprint density at radius 1 is 1.41 bits per heavy atom. The maximum Gasteiger partial charge on any atom is 0.0469 e. The molecular weight excluding hydrogens is 236 g/mol. The van der Waals surface area contributed by atoms with Crippen molar-refractivity contribution < 1.29 is 8.76 Å². The molecule has 0 fully saturated rings. The van der Waals surface area contributed by atoms with Crippen LogP contribution < -0.4 is 11.1 Å². The Bertz CT molecular complexity index is 390. The van der Waals surface area contributed by atoms with E-state index >= 15 is 0 Å². The first kappa shape index (κ1) is 12.5. The molecule has 0 aromatic carbocycles. The number of nitrogens with one attached hydrogen (secondary N) is 1. The van der Waals surface area contributed by atoms with Crippen molar-refractivity contribution in [3.8, 4) is 0 Å². The monoisotopic (exact) mass is 253 g/mol. The smallest absolute Gasteiger partial charge is 0.0469 e. The minimum absolute atomic E-state index is 0.0935. The molecule has 0 amide bonds. The highest BCUT2D eigenvalue weighted by molar-refractivity contribution is 7.80. The normalized spacial score (nSPS) is 34.4. The van der Waals surface area contributed by atoms with E-state index in [0.29, 0.717) is 18.2 Å². The van der Waals surface area contributed by atoms with Crippen LogP contribution in [0.5, 0.6) is 0 Å². The van der Waals surface area contributed by atoms with Crippen LogP contribution in [0, 0.1) is 0 Å². The van der Waals surface area contributed by atoms with Crippen LogP contribution in [0.2, 0.25) is 0 Å². The molecule has 2 aliphatic carbocycles. The lowest BCUT2D eigenvalue weighted by atomic mass is 9.97. The van der Waals surface area contributed by atoms with Crippen molar-refractivity contribution >= 4 is 11.1 Å². The van der Waals surface area contributed by atoms with Crippen LogP contribution in [0.3, 0.4) is 0 Å². The second kappa shape index (κ2) is 5.62. The van der Waals surface area contributed by atoms with Crippen LogP contribution in [0.15, 0.2) is 36.1 Å². The van der Waals surface area contributed by atoms with E-state index in [-0.39, 0.29) is 6.04 Å². The first-order chi connectivity index (χ1) is 8.16. The molecule has 0 spiro atoms. The van der Waals surface area contributed by atoms with Crippen molar-refractivity contribution in [3.05, 3.63) is 36.1 Å². The molecule has 2 aliphatic rings. The Morgan fingerprint density at radius 3 is 2.82 bits per heavy atom. The lowest BCUT2D eigenvalue weighted by Gasteiger charge is -2.31. The number of rotatable bonds is 3. The Labute approximate surface area is 104 Å². The average Bonchev–Trinajstić information content (AvgIpc) is 2.33. The van der Waals surface area contributed by atoms with Gasteiger partial charge in [-0.2, -0.15) is 0 Å². The molecule has 17 heavy (non-hydrogen) atoms. The number of hydrogen-bond donors (Lipinski definition) is 2. The number of hydrogen-bond acceptors (Lipinski definition) is 4. The van der Waals surface area contributed by atoms with Crippen molar-refractivity contribution in [1.29, 1.82) is 0 Å². The van der Waals surface area contributed by atoms with Crippen LogP contribution in [0.4, 0.5) is 0 Å². The van der Waals surface area contributed by atoms with Gasteiger partial charge in [0.25, 0.3) is 0 Å². The summed E-state index contributed by atoms with van der Waals surface area (Å²) in [4.78, 5) is 0. The Hall–Kier alpha value is -0.910. The summed E-state index contributed by atoms with van der Waals surface area (Å²) < 4.78 is 21.7. The lowest BCUT2D eigenvalue weighted by molar-refractivity contribution is 0.451. The van der Waals surface area contributed by atoms with Gasteiger partial charge in [0, 0.05) is 23.0 Å². The molecule has 0 aromatic heterocycles. The van der Waals surface area contributed by atoms with E-state index in [4.69, 9.17) is 5.73 Å². The first-order valence-electron chi connectivity index (χ1n) is 5.81. The summed E-state index contributed by atoms with van der Waals surface area (Å²) in [5, 5.41) is 3.01. The average molecular weight is 253 g/mol. The van der Waals surface area contributed by atoms with Gasteiger partial charge < -0.3 is 15.6 Å². The highest BCUT2D eigenvalue weighted by Gasteiger charge is 2.23. The molecule has 0 bridgehead atoms. The van der Waals surface area contributed by atoms with Gasteiger partial charge in [-0.05, 0) is 36.4 Å². The van der Waals surface area contributed by atoms with E-state index in [9.17, 15) is 8.76 Å². The quantitative estimate of drug-likeness (QED) is 0.726. The maximum absolute atomic E-state index is 10.9. The van der Waals surface area contributed by atoms with Crippen LogP contribution in [0.25, 0.3) is 0 Å². The van der Waals surface area contributed by atoms with Crippen LogP contribution in [-0.2, 0) is 11.1 Å². The Balaban J connectivity index is 1.95. The van der Waals surface area contributed by atoms with E-state index in [2.05, 4.69) is 17.5 Å². The molecule has 0 radical (unpaired) electrons. The molecule has 4 atom stereocenters. The highest BCUT2D eigenvalue weighted by Crippen LogP contribution is 2.20. The number of nitrogens with two attached hydrogens (primary N) is 1. The largest absolute Gasteiger partial charge is 0.772 e. The zero-order valence-electron chi connectivity index (χ0n) is 9.54. The van der Waals surface area contributed by atoms with E-state index in [1.807, 2.05) is 12.2 Å². The van der Waals surface area contributed by atoms with Gasteiger partial charge in [-0.3, -0.25) is 4.21 Å². The van der Waals surface area contributed by atoms with Crippen LogP contribution >= 0.6 is 0 Å². The summed E-state index contributed by atoms with van der Waals surface area (Å²) in [5.41, 5.74) is 6.55. The molecule has 2 rings (SSSR count). The fraction of sp³-hybridized carbons (Fsp3) is 0.500. The third kappa shape index (κ3) is 3.28. The summed E-state index contributed by atoms with van der Waals surface area (Å²) in [6, 6.07) is 0.391. The molecule has 0 saturated heterocycles. The predicted molar refractivity (Wildman–Crippen MR) is 67.8 cm³/mol. The summed E-state index contributed by atoms with van der Waals surface area (Å²) in [5.74, 6) is 0. The SMILES string of the molecule is NC1=CC(S(=O)[O-])CCC1NC1C=CC=CC1. The molecule has 5 heteroatoms. The van der Waals surface area contributed by atoms with Gasteiger partial charge in [-0.1, -0.05) is 24.3 Å². The second-order valence-electron chi connectivity index (χ2n) is 4.42. The van der Waals surface area contributed by atoms with Crippen molar-refractivity contribution in [3.63, 3.8) is 0 Å². The van der Waals surface area contributed by atoms with Crippen molar-refractivity contribution in [1.82, 2.24) is 5.32 Å². The van der Waals surface area contributed by atoms with Gasteiger partial charge in [-0.25, -0.2) is 0 Å². The molecular formula is C12H17N2O2S-. The summed E-state index contributed by atoms with van der Waals surface area (Å²) in [6.45, 7) is 0. The molecule has 4 nitrogen and oxygen atoms in total. The highest BCUT2D eigenvalue weighted by atomic mass is 32.2. The Morgan fingerprint density at radius 2 is 2.24 bits per heavy atom. The van der Waals surface area contributed by atoms with Crippen LogP contribution in [-0.4, -0.2) is 26.1 Å². The van der Waals surface area contributed by atoms with E-state index < -0.39 is 16.3 Å². The maximum atomic E-state index is 10.9. The zero-order chi connectivity index (χ0) is 12.3. The number of allylic oxidation sites excluding steroid dienone is 2. The van der Waals surface area contributed by atoms with Gasteiger partial charge >= 0.3 is 0 Å². The third-order valence-corrected chi connectivity index (χ3v) is 4.03. The molecule has 94 valence electrons. The minimum Gasteiger partial charge on any atom is -0.772 e. The fourth-order valence-corrected chi connectivity index (χ4v) is 2.80. The first-order valence-corrected chi connectivity index (χ1v) is 6.95. The third-order valence-electron chi connectivity index (χ3n) is 3.16. The van der Waals surface area contributed by atoms with Gasteiger partial charge in [-0.15, -0.1) is 0 Å². The summed E-state index contributed by atoms with van der Waals surface area (Å²) in [6.07, 6.45) is 12.3. The molecule has 3 N–H and O–H groups in total. The van der Waals surface area contributed by atoms with E-state index in [1.165, 1.54) is 0 Å². The second-order valence-corrected chi connectivity index (χ2v) is 5.54. The van der Waals surface area contributed by atoms with Gasteiger partial charge in [0.1, 0.15) is 0 Å².